The Balaban J connectivity index is 2.34. The number of nitrogens with zero attached hydrogens (tertiary/aromatic N) is 1. The summed E-state index contributed by atoms with van der Waals surface area (Å²) in [6.45, 7) is 5.22. The molecule has 1 aromatic carbocycles. The molecule has 2 N–H and O–H groups in total. The first-order valence-electron chi connectivity index (χ1n) is 9.80. The van der Waals surface area contributed by atoms with E-state index in [0.717, 1.165) is 12.1 Å². The summed E-state index contributed by atoms with van der Waals surface area (Å²) in [6.07, 6.45) is -4.23. The fourth-order valence-corrected chi connectivity index (χ4v) is 3.61. The number of alkyl halides is 3. The summed E-state index contributed by atoms with van der Waals surface area (Å²) < 4.78 is 68.4. The van der Waals surface area contributed by atoms with Crippen molar-refractivity contribution in [3.63, 3.8) is 0 Å². The van der Waals surface area contributed by atoms with E-state index in [1.165, 1.54) is 11.8 Å². The highest BCUT2D eigenvalue weighted by molar-refractivity contribution is 5.75. The maximum Gasteiger partial charge on any atom is 0.392 e. The van der Waals surface area contributed by atoms with E-state index in [0.29, 0.717) is 6.41 Å². The molecule has 30 heavy (non-hydrogen) atoms. The van der Waals surface area contributed by atoms with E-state index in [-0.39, 0.29) is 43.1 Å². The van der Waals surface area contributed by atoms with Gasteiger partial charge in [-0.05, 0) is 38.7 Å². The summed E-state index contributed by atoms with van der Waals surface area (Å²) in [5, 5.41) is 4.94. The van der Waals surface area contributed by atoms with Crippen molar-refractivity contribution in [1.29, 1.82) is 0 Å². The Bertz CT molecular complexity index is 770. The number of nitrogens with one attached hydrogen (secondary N) is 2. The zero-order valence-electron chi connectivity index (χ0n) is 17.0. The van der Waals surface area contributed by atoms with E-state index < -0.39 is 41.7 Å². The molecule has 168 valence electrons. The molecule has 3 atom stereocenters. The van der Waals surface area contributed by atoms with Crippen LogP contribution in [0, 0.1) is 23.5 Å². The predicted octanol–water partition coefficient (Wildman–Crippen LogP) is 3.93. The highest BCUT2D eigenvalue weighted by Crippen LogP contribution is 2.56. The van der Waals surface area contributed by atoms with E-state index in [4.69, 9.17) is 0 Å². The second kappa shape index (κ2) is 9.61. The van der Waals surface area contributed by atoms with Crippen LogP contribution in [0.3, 0.4) is 0 Å². The Labute approximate surface area is 172 Å². The lowest BCUT2D eigenvalue weighted by atomic mass is 9.96. The minimum Gasteiger partial charge on any atom is -0.357 e. The Morgan fingerprint density at radius 1 is 1.30 bits per heavy atom. The smallest absolute Gasteiger partial charge is 0.357 e. The number of hydrogen-bond donors (Lipinski definition) is 2. The molecule has 3 amide bonds. The minimum atomic E-state index is -4.47. The number of rotatable bonds is 9. The van der Waals surface area contributed by atoms with Gasteiger partial charge in [0, 0.05) is 30.3 Å². The predicted molar refractivity (Wildman–Crippen MR) is 101 cm³/mol. The van der Waals surface area contributed by atoms with Gasteiger partial charge in [0.2, 0.25) is 6.41 Å². The molecule has 2 rings (SSSR count). The number of carbonyl (C=O) groups is 2. The lowest BCUT2D eigenvalue weighted by Crippen LogP contribution is -2.48. The highest BCUT2D eigenvalue weighted by atomic mass is 19.4. The molecule has 0 bridgehead atoms. The van der Waals surface area contributed by atoms with Gasteiger partial charge in [-0.3, -0.25) is 4.79 Å². The number of amides is 3. The molecule has 1 aromatic rings. The molecule has 0 aliphatic heterocycles. The summed E-state index contributed by atoms with van der Waals surface area (Å²) in [5.41, 5.74) is -0.389. The van der Waals surface area contributed by atoms with E-state index in [1.54, 1.807) is 13.8 Å². The second-order valence-electron chi connectivity index (χ2n) is 7.62. The molecule has 0 spiro atoms. The van der Waals surface area contributed by atoms with Crippen LogP contribution in [-0.2, 0) is 11.2 Å². The van der Waals surface area contributed by atoms with Gasteiger partial charge in [0.15, 0.2) is 0 Å². The molecule has 1 fully saturated rings. The van der Waals surface area contributed by atoms with Gasteiger partial charge in [-0.1, -0.05) is 13.0 Å². The molecule has 1 aliphatic carbocycles. The van der Waals surface area contributed by atoms with Crippen LogP contribution in [0.15, 0.2) is 12.1 Å². The first kappa shape index (κ1) is 23.9. The number of benzene rings is 1. The normalized spacial score (nSPS) is 19.4. The average molecular weight is 435 g/mol. The van der Waals surface area contributed by atoms with Crippen molar-refractivity contribution in [2.75, 3.05) is 13.1 Å². The van der Waals surface area contributed by atoms with Crippen LogP contribution < -0.4 is 10.6 Å². The summed E-state index contributed by atoms with van der Waals surface area (Å²) in [6, 6.07) is -0.155. The fourth-order valence-electron chi connectivity index (χ4n) is 3.61. The summed E-state index contributed by atoms with van der Waals surface area (Å²) >= 11 is 0. The van der Waals surface area contributed by atoms with Crippen molar-refractivity contribution in [2.45, 2.75) is 51.9 Å². The van der Waals surface area contributed by atoms with Crippen LogP contribution in [0.2, 0.25) is 0 Å². The van der Waals surface area contributed by atoms with Gasteiger partial charge < -0.3 is 15.5 Å². The maximum absolute atomic E-state index is 14.9. The number of halogens is 5. The Kier molecular flexibility index (Phi) is 7.65. The van der Waals surface area contributed by atoms with Crippen LogP contribution in [0.4, 0.5) is 26.7 Å². The fraction of sp³-hybridized carbons (Fsp3) is 0.600. The van der Waals surface area contributed by atoms with Crippen LogP contribution in [0.25, 0.3) is 0 Å². The van der Waals surface area contributed by atoms with Gasteiger partial charge in [0.1, 0.15) is 11.6 Å². The molecule has 5 nitrogen and oxygen atoms in total. The number of carbonyl (C=O) groups excluding carboxylic acids is 2. The van der Waals surface area contributed by atoms with E-state index in [2.05, 4.69) is 10.6 Å². The van der Waals surface area contributed by atoms with E-state index in [9.17, 15) is 31.5 Å². The maximum atomic E-state index is 14.9. The van der Waals surface area contributed by atoms with Crippen molar-refractivity contribution in [3.05, 3.63) is 34.9 Å². The Hall–Kier alpha value is -2.39. The molecule has 0 aromatic heterocycles. The molecular weight excluding hydrogens is 409 g/mol. The van der Waals surface area contributed by atoms with Crippen molar-refractivity contribution < 1.29 is 31.5 Å². The topological polar surface area (TPSA) is 61.4 Å². The zero-order valence-corrected chi connectivity index (χ0v) is 17.0. The first-order chi connectivity index (χ1) is 14.0. The van der Waals surface area contributed by atoms with Gasteiger partial charge in [-0.25, -0.2) is 13.6 Å². The number of urea groups is 1. The van der Waals surface area contributed by atoms with E-state index >= 15 is 0 Å². The third-order valence-corrected chi connectivity index (χ3v) is 5.34. The molecule has 1 saturated carbocycles. The van der Waals surface area contributed by atoms with Gasteiger partial charge in [0.25, 0.3) is 0 Å². The SMILES string of the molecule is CCc1c(F)ccc(C(NC(=O)N(CCNC=O)C(C)C)C2CC2C(F)(F)F)c1F. The van der Waals surface area contributed by atoms with Gasteiger partial charge >= 0.3 is 12.2 Å². The molecule has 0 saturated heterocycles. The quantitative estimate of drug-likeness (QED) is 0.351. The molecule has 0 heterocycles. The molecular formula is C20H26F5N3O2. The lowest BCUT2D eigenvalue weighted by molar-refractivity contribution is -0.151. The zero-order chi connectivity index (χ0) is 22.6. The van der Waals surface area contributed by atoms with Crippen molar-refractivity contribution in [3.8, 4) is 0 Å². The molecule has 10 heteroatoms. The summed E-state index contributed by atoms with van der Waals surface area (Å²) in [5.74, 6) is -4.42. The van der Waals surface area contributed by atoms with Crippen LogP contribution in [0.5, 0.6) is 0 Å². The monoisotopic (exact) mass is 435 g/mol. The van der Waals surface area contributed by atoms with Crippen LogP contribution in [0.1, 0.15) is 44.4 Å². The first-order valence-corrected chi connectivity index (χ1v) is 9.80. The third-order valence-electron chi connectivity index (χ3n) is 5.34. The van der Waals surface area contributed by atoms with Gasteiger partial charge in [-0.15, -0.1) is 0 Å². The average Bonchev–Trinajstić information content (AvgIpc) is 3.45. The highest BCUT2D eigenvalue weighted by Gasteiger charge is 2.59. The Morgan fingerprint density at radius 3 is 2.47 bits per heavy atom. The second-order valence-corrected chi connectivity index (χ2v) is 7.62. The standard InChI is InChI=1S/C20H26F5N3O2/c1-4-12-16(21)6-5-13(17(12)22)18(14-9-15(14)20(23,24)25)27-19(30)28(11(2)3)8-7-26-10-29/h5-6,10-11,14-15,18H,4,7-9H2,1-3H3,(H,26,29)(H,27,30). The van der Waals surface area contributed by atoms with Crippen LogP contribution in [-0.4, -0.2) is 42.6 Å². The van der Waals surface area contributed by atoms with Crippen molar-refractivity contribution in [1.82, 2.24) is 15.5 Å². The third kappa shape index (κ3) is 5.40. The molecule has 3 unspecified atom stereocenters. The largest absolute Gasteiger partial charge is 0.392 e. The van der Waals surface area contributed by atoms with Crippen molar-refractivity contribution >= 4 is 12.4 Å². The van der Waals surface area contributed by atoms with Crippen LogP contribution >= 0.6 is 0 Å². The summed E-state index contributed by atoms with van der Waals surface area (Å²) in [7, 11) is 0. The molecule has 0 radical (unpaired) electrons. The summed E-state index contributed by atoms with van der Waals surface area (Å²) in [4.78, 5) is 24.6. The molecule has 1 aliphatic rings. The van der Waals surface area contributed by atoms with Gasteiger partial charge in [0.05, 0.1) is 12.0 Å². The number of hydrogen-bond acceptors (Lipinski definition) is 2. The lowest BCUT2D eigenvalue weighted by Gasteiger charge is -2.30. The van der Waals surface area contributed by atoms with E-state index in [1.807, 2.05) is 0 Å². The van der Waals surface area contributed by atoms with Crippen molar-refractivity contribution in [2.24, 2.45) is 11.8 Å². The Morgan fingerprint density at radius 2 is 1.97 bits per heavy atom. The minimum absolute atomic E-state index is 0.0228. The van der Waals surface area contributed by atoms with Gasteiger partial charge in [-0.2, -0.15) is 13.2 Å².